The summed E-state index contributed by atoms with van der Waals surface area (Å²) in [7, 11) is -4.55. The quantitative estimate of drug-likeness (QED) is 0.480. The second-order valence-electron chi connectivity index (χ2n) is 3.98. The summed E-state index contributed by atoms with van der Waals surface area (Å²) in [4.78, 5) is 9.33. The maximum Gasteiger partial charge on any atom is 0.339 e. The molecule has 6 nitrogen and oxygen atoms in total. The predicted molar refractivity (Wildman–Crippen MR) is 72.3 cm³/mol. The van der Waals surface area contributed by atoms with Crippen molar-refractivity contribution in [3.8, 4) is 5.75 Å². The van der Waals surface area contributed by atoms with Gasteiger partial charge in [-0.15, -0.1) is 0 Å². The fourth-order valence-electron chi connectivity index (χ4n) is 1.50. The van der Waals surface area contributed by atoms with Crippen molar-refractivity contribution in [2.45, 2.75) is 4.90 Å². The molecule has 0 radical (unpaired) electrons. The van der Waals surface area contributed by atoms with Gasteiger partial charge in [0, 0.05) is 12.1 Å². The summed E-state index contributed by atoms with van der Waals surface area (Å²) in [5.74, 6) is -2.57. The van der Waals surface area contributed by atoms with Gasteiger partial charge in [-0.05, 0) is 24.3 Å². The Bertz CT molecular complexity index is 857. The first-order valence-corrected chi connectivity index (χ1v) is 7.33. The molecule has 0 aliphatic heterocycles. The van der Waals surface area contributed by atoms with Crippen molar-refractivity contribution in [3.05, 3.63) is 63.2 Å². The van der Waals surface area contributed by atoms with E-state index < -0.39 is 48.0 Å². The summed E-state index contributed by atoms with van der Waals surface area (Å²) in [5, 5.41) is 10.3. The topological polar surface area (TPSA) is 86.5 Å². The van der Waals surface area contributed by atoms with Crippen LogP contribution >= 0.6 is 11.6 Å². The molecule has 2 rings (SSSR count). The van der Waals surface area contributed by atoms with Gasteiger partial charge in [-0.1, -0.05) is 11.6 Å². The van der Waals surface area contributed by atoms with E-state index in [0.717, 1.165) is 30.3 Å². The van der Waals surface area contributed by atoms with E-state index in [4.69, 9.17) is 11.6 Å². The van der Waals surface area contributed by atoms with Crippen LogP contribution in [0.1, 0.15) is 0 Å². The molecule has 2 aromatic rings. The third kappa shape index (κ3) is 3.31. The molecular formula is C12H6ClF2NO5S. The molecule has 0 N–H and O–H groups in total. The van der Waals surface area contributed by atoms with Gasteiger partial charge in [-0.2, -0.15) is 8.42 Å². The summed E-state index contributed by atoms with van der Waals surface area (Å²) >= 11 is 5.47. The van der Waals surface area contributed by atoms with Crippen LogP contribution in [0, 0.1) is 21.7 Å². The third-order valence-corrected chi connectivity index (χ3v) is 4.02. The Morgan fingerprint density at radius 2 is 1.82 bits per heavy atom. The molecule has 0 aromatic heterocycles. The van der Waals surface area contributed by atoms with Gasteiger partial charge in [0.25, 0.3) is 0 Å². The largest absolute Gasteiger partial charge is 0.371 e. The van der Waals surface area contributed by atoms with E-state index >= 15 is 0 Å². The van der Waals surface area contributed by atoms with Crippen LogP contribution in [0.25, 0.3) is 0 Å². The molecule has 0 amide bonds. The van der Waals surface area contributed by atoms with E-state index in [0.29, 0.717) is 6.07 Å². The number of hydrogen-bond donors (Lipinski definition) is 0. The van der Waals surface area contributed by atoms with E-state index in [1.54, 1.807) is 0 Å². The summed E-state index contributed by atoms with van der Waals surface area (Å²) in [5.41, 5.74) is -0.738. The molecule has 0 fully saturated rings. The van der Waals surface area contributed by atoms with Gasteiger partial charge in [-0.3, -0.25) is 10.1 Å². The molecule has 10 heteroatoms. The Kier molecular flexibility index (Phi) is 4.29. The van der Waals surface area contributed by atoms with E-state index in [9.17, 15) is 27.3 Å². The second-order valence-corrected chi connectivity index (χ2v) is 5.94. The van der Waals surface area contributed by atoms with Crippen molar-refractivity contribution >= 4 is 27.4 Å². The van der Waals surface area contributed by atoms with Gasteiger partial charge in [0.15, 0.2) is 0 Å². The van der Waals surface area contributed by atoms with Crippen molar-refractivity contribution in [1.29, 1.82) is 0 Å². The molecule has 116 valence electrons. The molecule has 0 atom stereocenters. The molecule has 0 heterocycles. The number of rotatable bonds is 4. The summed E-state index contributed by atoms with van der Waals surface area (Å²) in [6.45, 7) is 0. The van der Waals surface area contributed by atoms with Gasteiger partial charge < -0.3 is 4.18 Å². The standard InChI is InChI=1S/C12H6ClF2NO5S/c13-9-6-8(2-3-10(9)15)22(19,20)21-12-5-7(14)1-4-11(12)16(17)18/h1-6H. The molecule has 0 saturated heterocycles. The zero-order valence-electron chi connectivity index (χ0n) is 10.5. The third-order valence-electron chi connectivity index (χ3n) is 2.50. The number of nitro groups is 1. The molecule has 0 spiro atoms. The van der Waals surface area contributed by atoms with E-state index in [1.165, 1.54) is 0 Å². The number of nitrogens with zero attached hydrogens (tertiary/aromatic N) is 1. The molecule has 0 bridgehead atoms. The van der Waals surface area contributed by atoms with Gasteiger partial charge in [0.2, 0.25) is 5.75 Å². The van der Waals surface area contributed by atoms with E-state index in [1.807, 2.05) is 0 Å². The van der Waals surface area contributed by atoms with Gasteiger partial charge in [0.1, 0.15) is 16.5 Å². The average Bonchev–Trinajstić information content (AvgIpc) is 2.41. The van der Waals surface area contributed by atoms with Crippen LogP contribution < -0.4 is 4.18 Å². The number of nitro benzene ring substituents is 1. The minimum absolute atomic E-state index is 0.474. The van der Waals surface area contributed by atoms with Crippen molar-refractivity contribution < 1.29 is 26.3 Å². The Morgan fingerprint density at radius 1 is 1.14 bits per heavy atom. The predicted octanol–water partition coefficient (Wildman–Crippen LogP) is 3.29. The minimum Gasteiger partial charge on any atom is -0.371 e. The highest BCUT2D eigenvalue weighted by Crippen LogP contribution is 2.31. The lowest BCUT2D eigenvalue weighted by Crippen LogP contribution is -2.11. The monoisotopic (exact) mass is 349 g/mol. The van der Waals surface area contributed by atoms with Gasteiger partial charge in [-0.25, -0.2) is 8.78 Å². The van der Waals surface area contributed by atoms with Crippen molar-refractivity contribution in [2.24, 2.45) is 0 Å². The maximum atomic E-state index is 13.1. The SMILES string of the molecule is O=[N+]([O-])c1ccc(F)cc1OS(=O)(=O)c1ccc(F)c(Cl)c1. The second kappa shape index (κ2) is 5.85. The maximum absolute atomic E-state index is 13.1. The summed E-state index contributed by atoms with van der Waals surface area (Å²) in [6, 6.07) is 4.53. The highest BCUT2D eigenvalue weighted by Gasteiger charge is 2.24. The van der Waals surface area contributed by atoms with Crippen LogP contribution in [0.15, 0.2) is 41.3 Å². The molecule has 0 aliphatic carbocycles. The number of hydrogen-bond acceptors (Lipinski definition) is 5. The minimum atomic E-state index is -4.55. The van der Waals surface area contributed by atoms with E-state index in [-0.39, 0.29) is 0 Å². The Balaban J connectivity index is 2.47. The molecular weight excluding hydrogens is 344 g/mol. The first-order chi connectivity index (χ1) is 10.2. The smallest absolute Gasteiger partial charge is 0.339 e. The molecule has 22 heavy (non-hydrogen) atoms. The van der Waals surface area contributed by atoms with Crippen molar-refractivity contribution in [2.75, 3.05) is 0 Å². The lowest BCUT2D eigenvalue weighted by molar-refractivity contribution is -0.385. The van der Waals surface area contributed by atoms with E-state index in [2.05, 4.69) is 4.18 Å². The fraction of sp³-hybridized carbons (Fsp3) is 0. The first kappa shape index (κ1) is 16.1. The van der Waals surface area contributed by atoms with Crippen LogP contribution in [-0.4, -0.2) is 13.3 Å². The summed E-state index contributed by atoms with van der Waals surface area (Å²) in [6.07, 6.45) is 0. The highest BCUT2D eigenvalue weighted by atomic mass is 35.5. The van der Waals surface area contributed by atoms with Crippen molar-refractivity contribution in [3.63, 3.8) is 0 Å². The van der Waals surface area contributed by atoms with Crippen LogP contribution in [0.4, 0.5) is 14.5 Å². The number of benzene rings is 2. The van der Waals surface area contributed by atoms with Gasteiger partial charge >= 0.3 is 15.8 Å². The lowest BCUT2D eigenvalue weighted by atomic mass is 10.3. The van der Waals surface area contributed by atoms with Crippen LogP contribution in [0.5, 0.6) is 5.75 Å². The lowest BCUT2D eigenvalue weighted by Gasteiger charge is -2.08. The average molecular weight is 350 g/mol. The first-order valence-electron chi connectivity index (χ1n) is 5.54. The van der Waals surface area contributed by atoms with Crippen LogP contribution in [0.3, 0.4) is 0 Å². The zero-order valence-corrected chi connectivity index (χ0v) is 12.1. The van der Waals surface area contributed by atoms with Gasteiger partial charge in [0.05, 0.1) is 9.95 Å². The summed E-state index contributed by atoms with van der Waals surface area (Å²) < 4.78 is 54.7. The fourth-order valence-corrected chi connectivity index (χ4v) is 2.71. The number of halogens is 3. The molecule has 0 saturated carbocycles. The molecule has 0 unspecified atom stereocenters. The van der Waals surface area contributed by atoms with Crippen molar-refractivity contribution in [1.82, 2.24) is 0 Å². The highest BCUT2D eigenvalue weighted by molar-refractivity contribution is 7.87. The Hall–Kier alpha value is -2.26. The Labute approximate surface area is 128 Å². The zero-order chi connectivity index (χ0) is 16.5. The molecule has 0 aliphatic rings. The van der Waals surface area contributed by atoms with Crippen LogP contribution in [-0.2, 0) is 10.1 Å². The Morgan fingerprint density at radius 3 is 2.41 bits per heavy atom. The molecule has 2 aromatic carbocycles. The van der Waals surface area contributed by atoms with Crippen LogP contribution in [0.2, 0.25) is 5.02 Å². The normalized spacial score (nSPS) is 11.2.